The van der Waals surface area contributed by atoms with Gasteiger partial charge in [0.2, 0.25) is 0 Å². The molecule has 0 aliphatic rings. The molecule has 3 nitrogen and oxygen atoms in total. The van der Waals surface area contributed by atoms with Gasteiger partial charge in [-0.2, -0.15) is 0 Å². The molecular formula is C14H11BrFNO2. The van der Waals surface area contributed by atoms with Crippen molar-refractivity contribution in [2.24, 2.45) is 0 Å². The molecule has 5 heteroatoms. The van der Waals surface area contributed by atoms with E-state index in [-0.39, 0.29) is 10.3 Å². The van der Waals surface area contributed by atoms with Crippen LogP contribution < -0.4 is 4.74 Å². The molecule has 0 amide bonds. The Hall–Kier alpha value is -1.75. The van der Waals surface area contributed by atoms with E-state index in [0.717, 1.165) is 0 Å². The number of ketones is 1. The molecule has 0 aliphatic heterocycles. The fourth-order valence-corrected chi connectivity index (χ4v) is 1.97. The number of aromatic nitrogens is 1. The van der Waals surface area contributed by atoms with Crippen LogP contribution in [0.4, 0.5) is 4.39 Å². The average molecular weight is 324 g/mol. The van der Waals surface area contributed by atoms with E-state index in [1.54, 1.807) is 12.3 Å². The Morgan fingerprint density at radius 3 is 2.79 bits per heavy atom. The van der Waals surface area contributed by atoms with Crippen LogP contribution in [0.1, 0.15) is 22.8 Å². The highest BCUT2D eigenvalue weighted by Crippen LogP contribution is 2.20. The molecule has 0 fully saturated rings. The summed E-state index contributed by atoms with van der Waals surface area (Å²) in [6.45, 7) is 2.35. The first-order valence-corrected chi connectivity index (χ1v) is 6.48. The maximum Gasteiger partial charge on any atom is 0.194 e. The Morgan fingerprint density at radius 1 is 1.32 bits per heavy atom. The zero-order valence-corrected chi connectivity index (χ0v) is 11.8. The van der Waals surface area contributed by atoms with Gasteiger partial charge in [0, 0.05) is 17.3 Å². The molecule has 2 aromatic rings. The summed E-state index contributed by atoms with van der Waals surface area (Å²) in [7, 11) is 0. The van der Waals surface area contributed by atoms with Crippen molar-refractivity contribution in [2.45, 2.75) is 6.92 Å². The molecule has 1 heterocycles. The van der Waals surface area contributed by atoms with Gasteiger partial charge in [-0.3, -0.25) is 9.78 Å². The van der Waals surface area contributed by atoms with Gasteiger partial charge in [0.05, 0.1) is 17.3 Å². The van der Waals surface area contributed by atoms with Crippen molar-refractivity contribution < 1.29 is 13.9 Å². The number of rotatable bonds is 4. The number of carbonyl (C=O) groups is 1. The second-order valence-corrected chi connectivity index (χ2v) is 4.65. The van der Waals surface area contributed by atoms with Crippen molar-refractivity contribution in [2.75, 3.05) is 6.61 Å². The second-order valence-electron chi connectivity index (χ2n) is 3.80. The van der Waals surface area contributed by atoms with Crippen LogP contribution in [0.3, 0.4) is 0 Å². The average Bonchev–Trinajstić information content (AvgIpc) is 2.42. The van der Waals surface area contributed by atoms with Crippen molar-refractivity contribution in [3.05, 3.63) is 58.1 Å². The molecule has 0 unspecified atom stereocenters. The number of halogens is 2. The minimum Gasteiger partial charge on any atom is -0.492 e. The molecule has 0 aliphatic carbocycles. The molecule has 2 rings (SSSR count). The Bertz CT molecular complexity index is 616. The second kappa shape index (κ2) is 5.93. The first kappa shape index (κ1) is 13.7. The predicted molar refractivity (Wildman–Crippen MR) is 72.9 cm³/mol. The van der Waals surface area contributed by atoms with E-state index < -0.39 is 5.82 Å². The van der Waals surface area contributed by atoms with Crippen molar-refractivity contribution in [1.29, 1.82) is 0 Å². The maximum absolute atomic E-state index is 13.1. The maximum atomic E-state index is 13.1. The van der Waals surface area contributed by atoms with E-state index >= 15 is 0 Å². The standard InChI is InChI=1S/C14H11BrFNO2/c1-2-19-11-5-10(7-17-8-11)14(18)9-3-4-13(16)12(15)6-9/h3-8H,2H2,1H3. The van der Waals surface area contributed by atoms with E-state index in [0.29, 0.717) is 23.5 Å². The van der Waals surface area contributed by atoms with Crippen LogP contribution in [0, 0.1) is 5.82 Å². The predicted octanol–water partition coefficient (Wildman–Crippen LogP) is 3.61. The van der Waals surface area contributed by atoms with E-state index in [9.17, 15) is 9.18 Å². The third kappa shape index (κ3) is 3.17. The summed E-state index contributed by atoms with van der Waals surface area (Å²) < 4.78 is 18.7. The van der Waals surface area contributed by atoms with Crippen molar-refractivity contribution in [3.8, 4) is 5.75 Å². The number of ether oxygens (including phenoxy) is 1. The molecule has 98 valence electrons. The van der Waals surface area contributed by atoms with Gasteiger partial charge in [-0.1, -0.05) is 0 Å². The third-order valence-electron chi connectivity index (χ3n) is 2.47. The van der Waals surface area contributed by atoms with Gasteiger partial charge in [-0.25, -0.2) is 4.39 Å². The summed E-state index contributed by atoms with van der Waals surface area (Å²) in [5.41, 5.74) is 0.799. The number of carbonyl (C=O) groups excluding carboxylic acids is 1. The van der Waals surface area contributed by atoms with Gasteiger partial charge < -0.3 is 4.74 Å². The van der Waals surface area contributed by atoms with Crippen molar-refractivity contribution >= 4 is 21.7 Å². The van der Waals surface area contributed by atoms with E-state index in [1.165, 1.54) is 24.4 Å². The molecule has 0 saturated heterocycles. The van der Waals surface area contributed by atoms with Crippen LogP contribution in [-0.4, -0.2) is 17.4 Å². The fourth-order valence-electron chi connectivity index (χ4n) is 1.59. The van der Waals surface area contributed by atoms with E-state index in [2.05, 4.69) is 20.9 Å². The zero-order valence-electron chi connectivity index (χ0n) is 10.2. The SMILES string of the molecule is CCOc1cncc(C(=O)c2ccc(F)c(Br)c2)c1. The quantitative estimate of drug-likeness (QED) is 0.807. The van der Waals surface area contributed by atoms with Gasteiger partial charge in [0.1, 0.15) is 11.6 Å². The summed E-state index contributed by atoms with van der Waals surface area (Å²) in [6.07, 6.45) is 3.00. The molecular weight excluding hydrogens is 313 g/mol. The molecule has 0 radical (unpaired) electrons. The molecule has 1 aromatic carbocycles. The highest BCUT2D eigenvalue weighted by atomic mass is 79.9. The van der Waals surface area contributed by atoms with Crippen LogP contribution in [0.15, 0.2) is 41.1 Å². The number of hydrogen-bond acceptors (Lipinski definition) is 3. The summed E-state index contributed by atoms with van der Waals surface area (Å²) in [6, 6.07) is 5.76. The minimum atomic E-state index is -0.405. The van der Waals surface area contributed by atoms with Crippen LogP contribution in [-0.2, 0) is 0 Å². The van der Waals surface area contributed by atoms with E-state index in [4.69, 9.17) is 4.74 Å². The summed E-state index contributed by atoms with van der Waals surface area (Å²) in [5, 5.41) is 0. The lowest BCUT2D eigenvalue weighted by Crippen LogP contribution is -2.03. The van der Waals surface area contributed by atoms with Crippen LogP contribution >= 0.6 is 15.9 Å². The van der Waals surface area contributed by atoms with Gasteiger partial charge in [0.15, 0.2) is 5.78 Å². The van der Waals surface area contributed by atoms with Crippen LogP contribution in [0.25, 0.3) is 0 Å². The smallest absolute Gasteiger partial charge is 0.194 e. The first-order valence-electron chi connectivity index (χ1n) is 5.69. The van der Waals surface area contributed by atoms with Gasteiger partial charge in [0.25, 0.3) is 0 Å². The number of benzene rings is 1. The van der Waals surface area contributed by atoms with Gasteiger partial charge >= 0.3 is 0 Å². The summed E-state index contributed by atoms with van der Waals surface area (Å²) in [5.74, 6) is -0.0953. The Balaban J connectivity index is 2.32. The lowest BCUT2D eigenvalue weighted by Gasteiger charge is -2.05. The zero-order chi connectivity index (χ0) is 13.8. The van der Waals surface area contributed by atoms with Gasteiger partial charge in [-0.15, -0.1) is 0 Å². The number of nitrogens with zero attached hydrogens (tertiary/aromatic N) is 1. The normalized spacial score (nSPS) is 10.3. The fraction of sp³-hybridized carbons (Fsp3) is 0.143. The molecule has 0 spiro atoms. The highest BCUT2D eigenvalue weighted by molar-refractivity contribution is 9.10. The van der Waals surface area contributed by atoms with Crippen molar-refractivity contribution in [1.82, 2.24) is 4.98 Å². The summed E-state index contributed by atoms with van der Waals surface area (Å²) in [4.78, 5) is 16.2. The number of pyridine rings is 1. The van der Waals surface area contributed by atoms with Crippen LogP contribution in [0.5, 0.6) is 5.75 Å². The Morgan fingerprint density at radius 2 is 2.11 bits per heavy atom. The summed E-state index contributed by atoms with van der Waals surface area (Å²) >= 11 is 3.06. The molecule has 19 heavy (non-hydrogen) atoms. The lowest BCUT2D eigenvalue weighted by atomic mass is 10.1. The van der Waals surface area contributed by atoms with Gasteiger partial charge in [-0.05, 0) is 47.1 Å². The van der Waals surface area contributed by atoms with E-state index in [1.807, 2.05) is 6.92 Å². The molecule has 0 N–H and O–H groups in total. The molecule has 1 aromatic heterocycles. The lowest BCUT2D eigenvalue weighted by molar-refractivity contribution is 0.103. The minimum absolute atomic E-state index is 0.227. The number of hydrogen-bond donors (Lipinski definition) is 0. The molecule has 0 saturated carbocycles. The Kier molecular flexibility index (Phi) is 4.27. The van der Waals surface area contributed by atoms with Crippen molar-refractivity contribution in [3.63, 3.8) is 0 Å². The first-order chi connectivity index (χ1) is 9.11. The topological polar surface area (TPSA) is 39.2 Å². The molecule has 0 bridgehead atoms. The monoisotopic (exact) mass is 323 g/mol. The van der Waals surface area contributed by atoms with Crippen LogP contribution in [0.2, 0.25) is 0 Å². The molecule has 0 atom stereocenters. The Labute approximate surface area is 118 Å². The largest absolute Gasteiger partial charge is 0.492 e. The highest BCUT2D eigenvalue weighted by Gasteiger charge is 2.12. The third-order valence-corrected chi connectivity index (χ3v) is 3.08.